The van der Waals surface area contributed by atoms with Crippen molar-refractivity contribution in [1.82, 2.24) is 0 Å². The second-order valence-corrected chi connectivity index (χ2v) is 20.2. The summed E-state index contributed by atoms with van der Waals surface area (Å²) in [6.45, 7) is 6.46. The highest BCUT2D eigenvalue weighted by Gasteiger charge is 2.19. The molecule has 0 aromatic heterocycles. The minimum absolute atomic E-state index is 0.0744. The van der Waals surface area contributed by atoms with Crippen molar-refractivity contribution in [3.05, 3.63) is 72.9 Å². The molecule has 0 heterocycles. The molecule has 0 aromatic rings. The highest BCUT2D eigenvalue weighted by atomic mass is 16.6. The average molecular weight is 992 g/mol. The largest absolute Gasteiger partial charge is 0.462 e. The average Bonchev–Trinajstić information content (AvgIpc) is 3.37. The highest BCUT2D eigenvalue weighted by molar-refractivity contribution is 5.71. The van der Waals surface area contributed by atoms with Crippen molar-refractivity contribution < 1.29 is 28.6 Å². The van der Waals surface area contributed by atoms with Gasteiger partial charge < -0.3 is 14.2 Å². The third-order valence-corrected chi connectivity index (χ3v) is 13.2. The van der Waals surface area contributed by atoms with E-state index in [1.807, 2.05) is 0 Å². The molecule has 0 aliphatic rings. The summed E-state index contributed by atoms with van der Waals surface area (Å²) in [6, 6.07) is 0. The van der Waals surface area contributed by atoms with Crippen molar-refractivity contribution in [1.29, 1.82) is 0 Å². The molecular weight excluding hydrogens is 877 g/mol. The van der Waals surface area contributed by atoms with E-state index in [0.717, 1.165) is 96.3 Å². The molecule has 0 saturated heterocycles. The van der Waals surface area contributed by atoms with E-state index in [9.17, 15) is 14.4 Å². The molecule has 0 bridgehead atoms. The number of carbonyl (C=O) groups is 3. The molecule has 0 rings (SSSR count). The van der Waals surface area contributed by atoms with Crippen molar-refractivity contribution in [3.63, 3.8) is 0 Å². The fourth-order valence-corrected chi connectivity index (χ4v) is 8.64. The van der Waals surface area contributed by atoms with Crippen molar-refractivity contribution in [3.8, 4) is 0 Å². The highest BCUT2D eigenvalue weighted by Crippen LogP contribution is 2.16. The molecule has 6 heteroatoms. The standard InChI is InChI=1S/C65H114O6/c1-4-7-10-13-15-17-19-21-23-25-26-27-28-29-30-31-32-33-34-35-36-37-38-40-41-43-45-47-49-52-55-58-64(67)70-61-62(60-69-63(66)57-54-51-12-9-6-3)71-65(68)59-56-53-50-48-46-44-42-39-24-22-20-18-16-14-11-8-5-2/h7,10,15,17,21-24,26-27,29-30,62H,4-6,8-9,11-14,16,18-20,25,28,31-61H2,1-3H3/b10-7-,17-15-,23-21-,24-22-,27-26-,30-29-. The van der Waals surface area contributed by atoms with Crippen molar-refractivity contribution in [2.45, 2.75) is 309 Å². The van der Waals surface area contributed by atoms with Crippen LogP contribution in [0.15, 0.2) is 72.9 Å². The van der Waals surface area contributed by atoms with Gasteiger partial charge in [0.1, 0.15) is 13.2 Å². The molecule has 0 saturated carbocycles. The van der Waals surface area contributed by atoms with E-state index in [1.165, 1.54) is 167 Å². The predicted molar refractivity (Wildman–Crippen MR) is 307 cm³/mol. The lowest BCUT2D eigenvalue weighted by molar-refractivity contribution is -0.167. The van der Waals surface area contributed by atoms with Crippen LogP contribution in [-0.2, 0) is 28.6 Å². The number of rotatable bonds is 55. The summed E-state index contributed by atoms with van der Waals surface area (Å²) in [7, 11) is 0. The normalized spacial score (nSPS) is 12.5. The summed E-state index contributed by atoms with van der Waals surface area (Å²) in [5.41, 5.74) is 0. The van der Waals surface area contributed by atoms with E-state index in [1.54, 1.807) is 0 Å². The van der Waals surface area contributed by atoms with E-state index in [-0.39, 0.29) is 31.1 Å². The molecule has 1 unspecified atom stereocenters. The lowest BCUT2D eigenvalue weighted by Gasteiger charge is -2.18. The fourth-order valence-electron chi connectivity index (χ4n) is 8.64. The van der Waals surface area contributed by atoms with Gasteiger partial charge in [-0.05, 0) is 89.9 Å². The second-order valence-electron chi connectivity index (χ2n) is 20.2. The Morgan fingerprint density at radius 2 is 0.549 bits per heavy atom. The van der Waals surface area contributed by atoms with Gasteiger partial charge in [-0.3, -0.25) is 14.4 Å². The van der Waals surface area contributed by atoms with E-state index >= 15 is 0 Å². The molecule has 410 valence electrons. The summed E-state index contributed by atoms with van der Waals surface area (Å²) in [6.07, 6.45) is 76.7. The Labute approximate surface area is 440 Å². The molecule has 1 atom stereocenters. The Hall–Kier alpha value is -3.15. The summed E-state index contributed by atoms with van der Waals surface area (Å²) in [5.74, 6) is -0.883. The minimum atomic E-state index is -0.772. The molecule has 0 fully saturated rings. The van der Waals surface area contributed by atoms with Gasteiger partial charge in [0.25, 0.3) is 0 Å². The van der Waals surface area contributed by atoms with Crippen LogP contribution in [0.1, 0.15) is 303 Å². The van der Waals surface area contributed by atoms with Gasteiger partial charge in [0.05, 0.1) is 0 Å². The van der Waals surface area contributed by atoms with Crippen LogP contribution in [0.25, 0.3) is 0 Å². The lowest BCUT2D eigenvalue weighted by Crippen LogP contribution is -2.30. The summed E-state index contributed by atoms with van der Waals surface area (Å²) < 4.78 is 16.7. The van der Waals surface area contributed by atoms with Crippen LogP contribution in [0, 0.1) is 0 Å². The first-order chi connectivity index (χ1) is 35.0. The van der Waals surface area contributed by atoms with Crippen molar-refractivity contribution in [2.75, 3.05) is 13.2 Å². The summed E-state index contributed by atoms with van der Waals surface area (Å²) >= 11 is 0. The summed E-state index contributed by atoms with van der Waals surface area (Å²) in [4.78, 5) is 37.8. The number of esters is 3. The Balaban J connectivity index is 3.99. The zero-order chi connectivity index (χ0) is 51.4. The molecule has 0 aliphatic heterocycles. The van der Waals surface area contributed by atoms with Gasteiger partial charge in [-0.15, -0.1) is 0 Å². The van der Waals surface area contributed by atoms with Crippen LogP contribution in [0.3, 0.4) is 0 Å². The Morgan fingerprint density at radius 3 is 0.873 bits per heavy atom. The maximum absolute atomic E-state index is 12.8. The van der Waals surface area contributed by atoms with E-state index < -0.39 is 6.10 Å². The number of hydrogen-bond acceptors (Lipinski definition) is 6. The third kappa shape index (κ3) is 57.6. The van der Waals surface area contributed by atoms with Crippen LogP contribution >= 0.6 is 0 Å². The van der Waals surface area contributed by atoms with Crippen LogP contribution in [0.4, 0.5) is 0 Å². The molecule has 0 spiro atoms. The number of carbonyl (C=O) groups excluding carboxylic acids is 3. The number of hydrogen-bond donors (Lipinski definition) is 0. The van der Waals surface area contributed by atoms with Gasteiger partial charge in [-0.2, -0.15) is 0 Å². The fraction of sp³-hybridized carbons (Fsp3) is 0.769. The Morgan fingerprint density at radius 1 is 0.296 bits per heavy atom. The van der Waals surface area contributed by atoms with Gasteiger partial charge in [0.15, 0.2) is 6.10 Å². The number of unbranched alkanes of at least 4 members (excludes halogenated alkanes) is 32. The molecule has 0 aromatic carbocycles. The molecule has 0 amide bonds. The second kappa shape index (κ2) is 59.4. The first-order valence-corrected chi connectivity index (χ1v) is 30.4. The minimum Gasteiger partial charge on any atom is -0.462 e. The molecular formula is C65H114O6. The van der Waals surface area contributed by atoms with Crippen LogP contribution in [0.5, 0.6) is 0 Å². The van der Waals surface area contributed by atoms with Gasteiger partial charge in [0, 0.05) is 19.3 Å². The molecule has 6 nitrogen and oxygen atoms in total. The van der Waals surface area contributed by atoms with Gasteiger partial charge in [0.2, 0.25) is 0 Å². The molecule has 71 heavy (non-hydrogen) atoms. The van der Waals surface area contributed by atoms with Gasteiger partial charge >= 0.3 is 17.9 Å². The van der Waals surface area contributed by atoms with E-state index in [4.69, 9.17) is 14.2 Å². The van der Waals surface area contributed by atoms with Gasteiger partial charge in [-0.1, -0.05) is 267 Å². The van der Waals surface area contributed by atoms with Crippen LogP contribution < -0.4 is 0 Å². The summed E-state index contributed by atoms with van der Waals surface area (Å²) in [5, 5.41) is 0. The molecule has 0 N–H and O–H groups in total. The van der Waals surface area contributed by atoms with Crippen LogP contribution in [-0.4, -0.2) is 37.2 Å². The monoisotopic (exact) mass is 991 g/mol. The Kier molecular flexibility index (Phi) is 56.8. The third-order valence-electron chi connectivity index (χ3n) is 13.2. The number of ether oxygens (including phenoxy) is 3. The van der Waals surface area contributed by atoms with Crippen molar-refractivity contribution in [2.24, 2.45) is 0 Å². The van der Waals surface area contributed by atoms with E-state index in [0.29, 0.717) is 19.3 Å². The number of allylic oxidation sites excluding steroid dienone is 12. The Bertz CT molecular complexity index is 1320. The first kappa shape index (κ1) is 67.8. The first-order valence-electron chi connectivity index (χ1n) is 30.4. The lowest BCUT2D eigenvalue weighted by atomic mass is 10.0. The SMILES string of the molecule is CC/C=C\C/C=C\C/C=C\C/C=C\C/C=C\CCCCCCCCCCCCCCCCCC(=O)OCC(COC(=O)CCCCCCC)OC(=O)CCCCCCCCC/C=C\CCCCCCCC. The quantitative estimate of drug-likeness (QED) is 0.0261. The van der Waals surface area contributed by atoms with E-state index in [2.05, 4.69) is 93.7 Å². The topological polar surface area (TPSA) is 78.9 Å². The van der Waals surface area contributed by atoms with Crippen LogP contribution in [0.2, 0.25) is 0 Å². The zero-order valence-corrected chi connectivity index (χ0v) is 47.0. The molecule has 0 radical (unpaired) electrons. The zero-order valence-electron chi connectivity index (χ0n) is 47.0. The maximum Gasteiger partial charge on any atom is 0.306 e. The van der Waals surface area contributed by atoms with Crippen molar-refractivity contribution >= 4 is 17.9 Å². The smallest absolute Gasteiger partial charge is 0.306 e. The molecule has 0 aliphatic carbocycles. The predicted octanol–water partition coefficient (Wildman–Crippen LogP) is 20.5. The van der Waals surface area contributed by atoms with Gasteiger partial charge in [-0.25, -0.2) is 0 Å². The maximum atomic E-state index is 12.8.